The predicted octanol–water partition coefficient (Wildman–Crippen LogP) is 5.75. The van der Waals surface area contributed by atoms with Crippen LogP contribution >= 0.6 is 34.7 Å². The van der Waals surface area contributed by atoms with Gasteiger partial charge in [-0.15, -0.1) is 11.8 Å². The Morgan fingerprint density at radius 3 is 2.52 bits per heavy atom. The molecule has 0 fully saturated rings. The van der Waals surface area contributed by atoms with Crippen LogP contribution in [0, 0.1) is 0 Å². The Morgan fingerprint density at radius 1 is 1.10 bits per heavy atom. The van der Waals surface area contributed by atoms with Crippen molar-refractivity contribution in [1.29, 1.82) is 0 Å². The number of benzene rings is 3. The normalized spacial score (nSPS) is 15.0. The maximum absolute atomic E-state index is 13.9. The molecule has 1 aromatic heterocycles. The fourth-order valence-corrected chi connectivity index (χ4v) is 6.08. The topological polar surface area (TPSA) is 69.9 Å². The lowest BCUT2D eigenvalue weighted by Crippen LogP contribution is -2.39. The second kappa shape index (κ2) is 12.3. The number of aromatic nitrogens is 1. The van der Waals surface area contributed by atoms with Gasteiger partial charge in [-0.05, 0) is 67.6 Å². The minimum absolute atomic E-state index is 0.227. The number of halogens is 1. The van der Waals surface area contributed by atoms with Crippen LogP contribution in [0.25, 0.3) is 6.08 Å². The number of para-hydroxylation sites is 1. The minimum Gasteiger partial charge on any atom is -0.488 e. The molecule has 1 atom stereocenters. The molecule has 0 unspecified atom stereocenters. The fraction of sp³-hybridized carbons (Fsp3) is 0.194. The fourth-order valence-electron chi connectivity index (χ4n) is 4.51. The molecule has 0 radical (unpaired) electrons. The molecule has 204 valence electrons. The molecule has 4 aromatic rings. The SMILES string of the molecule is CCOC(=O)C1=C(C)N=c2s/c(=C\c3ccccc3OCc3ccc(Cl)cc3)c(=O)n2[C@H]1c1ccc(SC)cc1. The van der Waals surface area contributed by atoms with Gasteiger partial charge in [0.25, 0.3) is 5.56 Å². The number of rotatable bonds is 8. The van der Waals surface area contributed by atoms with Crippen molar-refractivity contribution in [3.63, 3.8) is 0 Å². The summed E-state index contributed by atoms with van der Waals surface area (Å²) in [6.07, 6.45) is 3.82. The molecule has 3 aromatic carbocycles. The molecule has 1 aliphatic heterocycles. The lowest BCUT2D eigenvalue weighted by molar-refractivity contribution is -0.139. The lowest BCUT2D eigenvalue weighted by Gasteiger charge is -2.24. The third-order valence-corrected chi connectivity index (χ3v) is 8.44. The van der Waals surface area contributed by atoms with Gasteiger partial charge in [0, 0.05) is 15.5 Å². The van der Waals surface area contributed by atoms with E-state index in [1.807, 2.05) is 85.1 Å². The summed E-state index contributed by atoms with van der Waals surface area (Å²) in [6.45, 7) is 4.13. The van der Waals surface area contributed by atoms with Gasteiger partial charge >= 0.3 is 5.97 Å². The third-order valence-electron chi connectivity index (χ3n) is 6.46. The zero-order valence-corrected chi connectivity index (χ0v) is 24.6. The maximum atomic E-state index is 13.9. The van der Waals surface area contributed by atoms with E-state index in [4.69, 9.17) is 21.1 Å². The molecule has 0 aliphatic carbocycles. The van der Waals surface area contributed by atoms with Crippen LogP contribution in [0.15, 0.2) is 98.7 Å². The van der Waals surface area contributed by atoms with E-state index in [-0.39, 0.29) is 12.2 Å². The Kier molecular flexibility index (Phi) is 8.59. The summed E-state index contributed by atoms with van der Waals surface area (Å²) in [5.74, 6) is 0.175. The summed E-state index contributed by atoms with van der Waals surface area (Å²) in [4.78, 5) is 33.3. The van der Waals surface area contributed by atoms with Crippen LogP contribution in [-0.4, -0.2) is 23.4 Å². The molecule has 2 heterocycles. The van der Waals surface area contributed by atoms with E-state index in [1.165, 1.54) is 11.3 Å². The number of allylic oxidation sites excluding steroid dienone is 1. The Morgan fingerprint density at radius 2 is 1.82 bits per heavy atom. The Hall–Kier alpha value is -3.59. The molecule has 0 bridgehead atoms. The first-order valence-electron chi connectivity index (χ1n) is 12.7. The van der Waals surface area contributed by atoms with Gasteiger partial charge in [0.05, 0.1) is 28.5 Å². The molecule has 9 heteroatoms. The molecule has 0 saturated carbocycles. The van der Waals surface area contributed by atoms with Crippen molar-refractivity contribution in [1.82, 2.24) is 4.57 Å². The van der Waals surface area contributed by atoms with E-state index in [0.29, 0.717) is 38.0 Å². The van der Waals surface area contributed by atoms with Crippen LogP contribution in [0.4, 0.5) is 0 Å². The number of esters is 1. The first kappa shape index (κ1) is 28.0. The monoisotopic (exact) mass is 590 g/mol. The molecule has 5 rings (SSSR count). The molecule has 0 N–H and O–H groups in total. The molecule has 40 heavy (non-hydrogen) atoms. The number of nitrogens with zero attached hydrogens (tertiary/aromatic N) is 2. The van der Waals surface area contributed by atoms with Crippen LogP contribution in [0.1, 0.15) is 36.6 Å². The van der Waals surface area contributed by atoms with E-state index in [1.54, 1.807) is 30.2 Å². The van der Waals surface area contributed by atoms with Crippen LogP contribution in [0.3, 0.4) is 0 Å². The Labute approximate surface area is 245 Å². The summed E-state index contributed by atoms with van der Waals surface area (Å²) < 4.78 is 13.6. The standard InChI is InChI=1S/C31H27ClN2O4S2/c1-4-37-30(36)27-19(2)33-31-34(28(27)21-11-15-24(39-3)16-12-21)29(35)26(40-31)17-22-7-5-6-8-25(22)38-18-20-9-13-23(32)14-10-20/h5-17,28H,4,18H2,1-3H3/b26-17-/t28-/m0/s1. The highest BCUT2D eigenvalue weighted by Crippen LogP contribution is 2.31. The Bertz CT molecular complexity index is 1760. The van der Waals surface area contributed by atoms with Gasteiger partial charge in [0.15, 0.2) is 4.80 Å². The summed E-state index contributed by atoms with van der Waals surface area (Å²) >= 11 is 8.92. The van der Waals surface area contributed by atoms with Crippen molar-refractivity contribution in [2.24, 2.45) is 4.99 Å². The van der Waals surface area contributed by atoms with E-state index in [2.05, 4.69) is 4.99 Å². The smallest absolute Gasteiger partial charge is 0.338 e. The number of thiazole rings is 1. The molecule has 6 nitrogen and oxygen atoms in total. The van der Waals surface area contributed by atoms with E-state index < -0.39 is 12.0 Å². The molecule has 0 spiro atoms. The number of carbonyl (C=O) groups excluding carboxylic acids is 1. The molecule has 0 amide bonds. The van der Waals surface area contributed by atoms with Crippen molar-refractivity contribution in [3.05, 3.63) is 125 Å². The van der Waals surface area contributed by atoms with Crippen LogP contribution in [0.2, 0.25) is 5.02 Å². The van der Waals surface area contributed by atoms with Gasteiger partial charge in [-0.2, -0.15) is 0 Å². The summed E-state index contributed by atoms with van der Waals surface area (Å²) in [5, 5.41) is 0.666. The third kappa shape index (κ3) is 5.80. The van der Waals surface area contributed by atoms with E-state index in [9.17, 15) is 9.59 Å². The predicted molar refractivity (Wildman–Crippen MR) is 161 cm³/mol. The van der Waals surface area contributed by atoms with Gasteiger partial charge in [-0.1, -0.05) is 65.4 Å². The average molecular weight is 591 g/mol. The van der Waals surface area contributed by atoms with Gasteiger partial charge in [-0.3, -0.25) is 9.36 Å². The quantitative estimate of drug-likeness (QED) is 0.193. The second-order valence-electron chi connectivity index (χ2n) is 9.03. The number of carbonyl (C=O) groups is 1. The summed E-state index contributed by atoms with van der Waals surface area (Å²) in [7, 11) is 0. The van der Waals surface area contributed by atoms with Crippen molar-refractivity contribution in [2.75, 3.05) is 12.9 Å². The zero-order chi connectivity index (χ0) is 28.2. The van der Waals surface area contributed by atoms with Gasteiger partial charge in [-0.25, -0.2) is 9.79 Å². The van der Waals surface area contributed by atoms with Crippen molar-refractivity contribution in [2.45, 2.75) is 31.4 Å². The molecular weight excluding hydrogens is 564 g/mol. The number of hydrogen-bond acceptors (Lipinski definition) is 7. The first-order chi connectivity index (χ1) is 19.4. The lowest BCUT2D eigenvalue weighted by atomic mass is 9.96. The number of thioether (sulfide) groups is 1. The van der Waals surface area contributed by atoms with E-state index >= 15 is 0 Å². The van der Waals surface area contributed by atoms with Gasteiger partial charge in [0.1, 0.15) is 12.4 Å². The number of hydrogen-bond donors (Lipinski definition) is 0. The van der Waals surface area contributed by atoms with Gasteiger partial charge < -0.3 is 9.47 Å². The summed E-state index contributed by atoms with van der Waals surface area (Å²) in [6, 6.07) is 22.3. The highest BCUT2D eigenvalue weighted by molar-refractivity contribution is 7.98. The van der Waals surface area contributed by atoms with Crippen LogP contribution in [-0.2, 0) is 16.1 Å². The first-order valence-corrected chi connectivity index (χ1v) is 15.1. The second-order valence-corrected chi connectivity index (χ2v) is 11.4. The van der Waals surface area contributed by atoms with Crippen LogP contribution in [0.5, 0.6) is 5.75 Å². The molecule has 1 aliphatic rings. The maximum Gasteiger partial charge on any atom is 0.338 e. The van der Waals surface area contributed by atoms with Crippen LogP contribution < -0.4 is 19.6 Å². The van der Waals surface area contributed by atoms with Crippen molar-refractivity contribution < 1.29 is 14.3 Å². The largest absolute Gasteiger partial charge is 0.488 e. The van der Waals surface area contributed by atoms with Crippen molar-refractivity contribution >= 4 is 46.7 Å². The number of ether oxygens (including phenoxy) is 2. The number of fused-ring (bicyclic) bond motifs is 1. The Balaban J connectivity index is 1.59. The summed E-state index contributed by atoms with van der Waals surface area (Å²) in [5.41, 5.74) is 3.23. The minimum atomic E-state index is -0.648. The average Bonchev–Trinajstić information content (AvgIpc) is 3.26. The molecular formula is C31H27ClN2O4S2. The van der Waals surface area contributed by atoms with Crippen molar-refractivity contribution in [3.8, 4) is 5.75 Å². The zero-order valence-electron chi connectivity index (χ0n) is 22.2. The van der Waals surface area contributed by atoms with E-state index in [0.717, 1.165) is 21.6 Å². The molecule has 0 saturated heterocycles. The highest BCUT2D eigenvalue weighted by atomic mass is 35.5. The highest BCUT2D eigenvalue weighted by Gasteiger charge is 2.33. The van der Waals surface area contributed by atoms with Gasteiger partial charge in [0.2, 0.25) is 0 Å².